The van der Waals surface area contributed by atoms with E-state index in [1.54, 1.807) is 0 Å². The van der Waals surface area contributed by atoms with E-state index in [0.717, 1.165) is 25.3 Å². The van der Waals surface area contributed by atoms with E-state index in [1.807, 2.05) is 0 Å². The molecule has 1 saturated heterocycles. The van der Waals surface area contributed by atoms with Crippen molar-refractivity contribution in [3.8, 4) is 0 Å². The van der Waals surface area contributed by atoms with Gasteiger partial charge in [-0.3, -0.25) is 0 Å². The van der Waals surface area contributed by atoms with Gasteiger partial charge in [-0.2, -0.15) is 0 Å². The maximum absolute atomic E-state index is 5.52. The van der Waals surface area contributed by atoms with Gasteiger partial charge in [0.1, 0.15) is 5.76 Å². The van der Waals surface area contributed by atoms with E-state index in [-0.39, 0.29) is 0 Å². The monoisotopic (exact) mass is 151 g/mol. The summed E-state index contributed by atoms with van der Waals surface area (Å²) in [7, 11) is 0. The molecule has 2 heterocycles. The van der Waals surface area contributed by atoms with Crippen molar-refractivity contribution >= 4 is 0 Å². The Bertz CT molecular complexity index is 224. The Morgan fingerprint density at radius 2 is 2.18 bits per heavy atom. The normalized spacial score (nSPS) is 23.1. The molecule has 2 heteroatoms. The summed E-state index contributed by atoms with van der Waals surface area (Å²) in [5, 5.41) is 3.34. The van der Waals surface area contributed by atoms with E-state index >= 15 is 0 Å². The fraction of sp³-hybridized carbons (Fsp3) is 0.556. The minimum absolute atomic E-state index is 0.862. The largest absolute Gasteiger partial charge is 0.493 e. The lowest BCUT2D eigenvalue weighted by atomic mass is 10.0. The number of rotatable bonds is 0. The molecule has 0 unspecified atom stereocenters. The highest BCUT2D eigenvalue weighted by molar-refractivity contribution is 5.39. The van der Waals surface area contributed by atoms with Crippen molar-refractivity contribution < 1.29 is 4.74 Å². The first-order valence-electron chi connectivity index (χ1n) is 4.05. The third-order valence-electron chi connectivity index (χ3n) is 2.33. The smallest absolute Gasteiger partial charge is 0.125 e. The summed E-state index contributed by atoms with van der Waals surface area (Å²) in [4.78, 5) is 0. The van der Waals surface area contributed by atoms with Crippen molar-refractivity contribution in [2.24, 2.45) is 0 Å². The molecule has 0 bridgehead atoms. The minimum atomic E-state index is 0.862. The molecule has 1 fully saturated rings. The van der Waals surface area contributed by atoms with Crippen molar-refractivity contribution in [1.82, 2.24) is 5.32 Å². The van der Waals surface area contributed by atoms with Crippen LogP contribution in [0.1, 0.15) is 20.3 Å². The molecule has 60 valence electrons. The highest BCUT2D eigenvalue weighted by Gasteiger charge is 2.22. The first-order chi connectivity index (χ1) is 5.29. The topological polar surface area (TPSA) is 21.3 Å². The molecule has 0 spiro atoms. The number of hydrogen-bond donors (Lipinski definition) is 1. The van der Waals surface area contributed by atoms with Crippen LogP contribution in [0.25, 0.3) is 0 Å². The lowest BCUT2D eigenvalue weighted by Gasteiger charge is -2.18. The van der Waals surface area contributed by atoms with Crippen LogP contribution >= 0.6 is 0 Å². The standard InChI is InChI=1S/C9H13NO/c1-6-5-10-7(2)8-3-4-11-9(6)8/h10H,3-5H2,1-2H3. The zero-order valence-corrected chi connectivity index (χ0v) is 7.03. The van der Waals surface area contributed by atoms with Crippen LogP contribution in [0.2, 0.25) is 0 Å². The van der Waals surface area contributed by atoms with Crippen molar-refractivity contribution in [3.05, 3.63) is 22.6 Å². The molecule has 0 aromatic carbocycles. The molecule has 1 N–H and O–H groups in total. The average Bonchev–Trinajstić information content (AvgIpc) is 2.45. The zero-order valence-electron chi connectivity index (χ0n) is 7.03. The van der Waals surface area contributed by atoms with Crippen molar-refractivity contribution in [3.63, 3.8) is 0 Å². The number of ether oxygens (including phenoxy) is 1. The van der Waals surface area contributed by atoms with Crippen LogP contribution < -0.4 is 5.32 Å². The van der Waals surface area contributed by atoms with Crippen LogP contribution in [0.5, 0.6) is 0 Å². The number of nitrogens with one attached hydrogen (secondary N) is 1. The molecule has 2 aliphatic rings. The second-order valence-electron chi connectivity index (χ2n) is 3.17. The van der Waals surface area contributed by atoms with E-state index in [2.05, 4.69) is 19.2 Å². The van der Waals surface area contributed by atoms with Gasteiger partial charge in [-0.1, -0.05) is 0 Å². The molecule has 0 radical (unpaired) electrons. The first kappa shape index (κ1) is 6.77. The molecule has 0 aromatic heterocycles. The van der Waals surface area contributed by atoms with Gasteiger partial charge in [-0.25, -0.2) is 0 Å². The van der Waals surface area contributed by atoms with E-state index < -0.39 is 0 Å². The lowest BCUT2D eigenvalue weighted by Crippen LogP contribution is -2.20. The first-order valence-corrected chi connectivity index (χ1v) is 4.05. The summed E-state index contributed by atoms with van der Waals surface area (Å²) >= 11 is 0. The van der Waals surface area contributed by atoms with Crippen LogP contribution in [0.15, 0.2) is 22.6 Å². The second kappa shape index (κ2) is 2.29. The average molecular weight is 151 g/mol. The number of hydrogen-bond acceptors (Lipinski definition) is 2. The van der Waals surface area contributed by atoms with Gasteiger partial charge in [0.05, 0.1) is 6.61 Å². The molecular formula is C9H13NO. The van der Waals surface area contributed by atoms with E-state index in [0.29, 0.717) is 0 Å². The predicted molar refractivity (Wildman–Crippen MR) is 44.0 cm³/mol. The Balaban J connectivity index is 2.45. The van der Waals surface area contributed by atoms with Gasteiger partial charge >= 0.3 is 0 Å². The maximum atomic E-state index is 5.52. The molecular weight excluding hydrogens is 138 g/mol. The molecule has 0 aliphatic carbocycles. The Labute approximate surface area is 66.9 Å². The predicted octanol–water partition coefficient (Wildman–Crippen LogP) is 1.56. The van der Waals surface area contributed by atoms with Gasteiger partial charge in [0.2, 0.25) is 0 Å². The highest BCUT2D eigenvalue weighted by atomic mass is 16.5. The summed E-state index contributed by atoms with van der Waals surface area (Å²) in [5.41, 5.74) is 4.01. The fourth-order valence-corrected chi connectivity index (χ4v) is 1.65. The van der Waals surface area contributed by atoms with Gasteiger partial charge in [0.25, 0.3) is 0 Å². The van der Waals surface area contributed by atoms with Gasteiger partial charge in [0.15, 0.2) is 0 Å². The Morgan fingerprint density at radius 1 is 1.36 bits per heavy atom. The van der Waals surface area contributed by atoms with Crippen molar-refractivity contribution in [2.45, 2.75) is 20.3 Å². The summed E-state index contributed by atoms with van der Waals surface area (Å²) in [6.45, 7) is 6.06. The molecule has 2 nitrogen and oxygen atoms in total. The molecule has 0 aromatic rings. The fourth-order valence-electron chi connectivity index (χ4n) is 1.65. The van der Waals surface area contributed by atoms with E-state index in [9.17, 15) is 0 Å². The third kappa shape index (κ3) is 0.934. The Morgan fingerprint density at radius 3 is 2.91 bits per heavy atom. The molecule has 0 saturated carbocycles. The molecule has 11 heavy (non-hydrogen) atoms. The van der Waals surface area contributed by atoms with Crippen LogP contribution in [0.3, 0.4) is 0 Å². The summed E-state index contributed by atoms with van der Waals surface area (Å²) in [6.07, 6.45) is 1.07. The summed E-state index contributed by atoms with van der Waals surface area (Å²) in [6, 6.07) is 0. The Kier molecular flexibility index (Phi) is 1.41. The maximum Gasteiger partial charge on any atom is 0.125 e. The number of dihydropyridines is 1. The van der Waals surface area contributed by atoms with Gasteiger partial charge in [0, 0.05) is 24.2 Å². The minimum Gasteiger partial charge on any atom is -0.493 e. The van der Waals surface area contributed by atoms with Gasteiger partial charge in [-0.15, -0.1) is 0 Å². The molecule has 0 amide bonds. The highest BCUT2D eigenvalue weighted by Crippen LogP contribution is 2.30. The van der Waals surface area contributed by atoms with Gasteiger partial charge in [-0.05, 0) is 19.4 Å². The number of fused-ring (bicyclic) bond motifs is 1. The summed E-state index contributed by atoms with van der Waals surface area (Å²) < 4.78 is 5.52. The van der Waals surface area contributed by atoms with E-state index in [1.165, 1.54) is 16.8 Å². The molecule has 2 aliphatic heterocycles. The van der Waals surface area contributed by atoms with Crippen molar-refractivity contribution in [1.29, 1.82) is 0 Å². The Hall–Kier alpha value is -0.920. The molecule has 0 atom stereocenters. The van der Waals surface area contributed by atoms with Crippen LogP contribution in [0.4, 0.5) is 0 Å². The SMILES string of the molecule is CC1=C2OCCC2=C(C)NC1. The van der Waals surface area contributed by atoms with Crippen LogP contribution in [-0.2, 0) is 4.74 Å². The second-order valence-corrected chi connectivity index (χ2v) is 3.17. The van der Waals surface area contributed by atoms with Crippen LogP contribution in [0, 0.1) is 0 Å². The van der Waals surface area contributed by atoms with Crippen molar-refractivity contribution in [2.75, 3.05) is 13.2 Å². The quantitative estimate of drug-likeness (QED) is 0.567. The molecule has 2 rings (SSSR count). The van der Waals surface area contributed by atoms with Crippen LogP contribution in [-0.4, -0.2) is 13.2 Å². The van der Waals surface area contributed by atoms with Gasteiger partial charge < -0.3 is 10.1 Å². The third-order valence-corrected chi connectivity index (χ3v) is 2.33. The lowest BCUT2D eigenvalue weighted by molar-refractivity contribution is 0.260. The zero-order chi connectivity index (χ0) is 7.84. The summed E-state index contributed by atoms with van der Waals surface area (Å²) in [5.74, 6) is 1.15. The number of allylic oxidation sites excluding steroid dienone is 2. The van der Waals surface area contributed by atoms with E-state index in [4.69, 9.17) is 4.74 Å².